The van der Waals surface area contributed by atoms with Crippen LogP contribution in [0.5, 0.6) is 5.75 Å². The summed E-state index contributed by atoms with van der Waals surface area (Å²) < 4.78 is 7.77. The number of benzene rings is 1. The predicted molar refractivity (Wildman–Crippen MR) is 101 cm³/mol. The summed E-state index contributed by atoms with van der Waals surface area (Å²) in [5.74, 6) is 1.54. The molecule has 4 nitrogen and oxygen atoms in total. The maximum Gasteiger partial charge on any atom is 0.195 e. The molecule has 1 aliphatic carbocycles. The third kappa shape index (κ3) is 2.86. The molecule has 4 rings (SSSR count). The van der Waals surface area contributed by atoms with Gasteiger partial charge in [-0.05, 0) is 63.3 Å². The molecule has 2 heterocycles. The lowest BCUT2D eigenvalue weighted by Gasteiger charge is -2.17. The van der Waals surface area contributed by atoms with Crippen LogP contribution in [0.15, 0.2) is 24.3 Å². The van der Waals surface area contributed by atoms with E-state index in [1.165, 1.54) is 17.0 Å². The number of thiazole rings is 1. The lowest BCUT2D eigenvalue weighted by molar-refractivity contribution is 0.111. The third-order valence-corrected chi connectivity index (χ3v) is 5.81. The summed E-state index contributed by atoms with van der Waals surface area (Å²) in [5, 5.41) is 0. The zero-order valence-electron chi connectivity index (χ0n) is 14.8. The highest BCUT2D eigenvalue weighted by molar-refractivity contribution is 7.17. The number of fused-ring (bicyclic) bond motifs is 3. The summed E-state index contributed by atoms with van der Waals surface area (Å²) in [7, 11) is 0. The van der Waals surface area contributed by atoms with Crippen molar-refractivity contribution in [1.82, 2.24) is 9.38 Å². The highest BCUT2D eigenvalue weighted by Gasteiger charge is 2.25. The van der Waals surface area contributed by atoms with E-state index in [0.29, 0.717) is 11.6 Å². The molecule has 0 saturated heterocycles. The van der Waals surface area contributed by atoms with E-state index in [2.05, 4.69) is 11.3 Å². The van der Waals surface area contributed by atoms with Gasteiger partial charge >= 0.3 is 0 Å². The number of aromatic nitrogens is 2. The Bertz CT molecular complexity index is 921. The third-order valence-electron chi connectivity index (χ3n) is 4.71. The maximum absolute atomic E-state index is 11.9. The SMILES string of the molecule is CC1CCc2c(sc3nc(-c4ccc(OC(C)C)cc4)c(C=O)n23)C1. The fourth-order valence-corrected chi connectivity index (χ4v) is 4.87. The second-order valence-electron chi connectivity index (χ2n) is 7.09. The standard InChI is InChI=1S/C20H22N2O2S/c1-12(2)24-15-7-5-14(6-8-15)19-17(11-23)22-16-9-4-13(3)10-18(16)25-20(22)21-19/h5-8,11-13H,4,9-10H2,1-3H3. The predicted octanol–water partition coefficient (Wildman–Crippen LogP) is 4.79. The van der Waals surface area contributed by atoms with Crippen LogP contribution in [-0.2, 0) is 12.8 Å². The zero-order chi connectivity index (χ0) is 17.6. The number of rotatable bonds is 4. The highest BCUT2D eigenvalue weighted by Crippen LogP contribution is 2.36. The molecule has 0 bridgehead atoms. The van der Waals surface area contributed by atoms with Gasteiger partial charge in [0, 0.05) is 16.1 Å². The summed E-state index contributed by atoms with van der Waals surface area (Å²) in [6.07, 6.45) is 4.38. The van der Waals surface area contributed by atoms with Crippen molar-refractivity contribution in [3.05, 3.63) is 40.5 Å². The second-order valence-corrected chi connectivity index (χ2v) is 8.15. The van der Waals surface area contributed by atoms with Crippen molar-refractivity contribution in [1.29, 1.82) is 0 Å². The number of aldehydes is 1. The minimum Gasteiger partial charge on any atom is -0.491 e. The number of imidazole rings is 1. The van der Waals surface area contributed by atoms with Gasteiger partial charge in [-0.25, -0.2) is 4.98 Å². The van der Waals surface area contributed by atoms with Crippen molar-refractivity contribution in [3.8, 4) is 17.0 Å². The molecule has 0 amide bonds. The molecule has 1 aliphatic rings. The van der Waals surface area contributed by atoms with E-state index in [9.17, 15) is 4.79 Å². The normalized spacial score (nSPS) is 17.0. The Morgan fingerprint density at radius 2 is 2.08 bits per heavy atom. The summed E-state index contributed by atoms with van der Waals surface area (Å²) >= 11 is 1.73. The first-order chi connectivity index (χ1) is 12.1. The van der Waals surface area contributed by atoms with Gasteiger partial charge in [0.25, 0.3) is 0 Å². The van der Waals surface area contributed by atoms with Gasteiger partial charge in [0.05, 0.1) is 6.10 Å². The molecule has 0 spiro atoms. The molecule has 1 aromatic carbocycles. The van der Waals surface area contributed by atoms with E-state index in [4.69, 9.17) is 9.72 Å². The van der Waals surface area contributed by atoms with E-state index in [1.54, 1.807) is 11.3 Å². The monoisotopic (exact) mass is 354 g/mol. The molecule has 0 radical (unpaired) electrons. The van der Waals surface area contributed by atoms with Gasteiger partial charge < -0.3 is 4.74 Å². The van der Waals surface area contributed by atoms with Crippen LogP contribution in [0.1, 0.15) is 48.3 Å². The molecular formula is C20H22N2O2S. The average Bonchev–Trinajstić information content (AvgIpc) is 3.09. The van der Waals surface area contributed by atoms with Gasteiger partial charge in [0.1, 0.15) is 17.1 Å². The van der Waals surface area contributed by atoms with Gasteiger partial charge in [-0.1, -0.05) is 6.92 Å². The van der Waals surface area contributed by atoms with E-state index < -0.39 is 0 Å². The van der Waals surface area contributed by atoms with Crippen LogP contribution in [0, 0.1) is 5.92 Å². The van der Waals surface area contributed by atoms with Gasteiger partial charge in [-0.2, -0.15) is 0 Å². The molecule has 3 aromatic rings. The van der Waals surface area contributed by atoms with Crippen molar-refractivity contribution >= 4 is 22.6 Å². The number of hydrogen-bond acceptors (Lipinski definition) is 4. The van der Waals surface area contributed by atoms with E-state index in [1.807, 2.05) is 38.1 Å². The Morgan fingerprint density at radius 1 is 1.32 bits per heavy atom. The van der Waals surface area contributed by atoms with Gasteiger partial charge in [-0.15, -0.1) is 11.3 Å². The van der Waals surface area contributed by atoms with Crippen LogP contribution in [0.25, 0.3) is 16.2 Å². The number of carbonyl (C=O) groups excluding carboxylic acids is 1. The Hall–Kier alpha value is -2.14. The Morgan fingerprint density at radius 3 is 2.76 bits per heavy atom. The van der Waals surface area contributed by atoms with Gasteiger partial charge in [0.2, 0.25) is 0 Å². The quantitative estimate of drug-likeness (QED) is 0.633. The van der Waals surface area contributed by atoms with Crippen molar-refractivity contribution in [2.75, 3.05) is 0 Å². The minimum absolute atomic E-state index is 0.142. The number of nitrogens with zero attached hydrogens (tertiary/aromatic N) is 2. The molecule has 5 heteroatoms. The summed E-state index contributed by atoms with van der Waals surface area (Å²) in [5.41, 5.74) is 3.66. The van der Waals surface area contributed by atoms with Gasteiger partial charge in [0.15, 0.2) is 11.2 Å². The maximum atomic E-state index is 11.9. The first-order valence-electron chi connectivity index (χ1n) is 8.82. The lowest BCUT2D eigenvalue weighted by Crippen LogP contribution is -2.11. The molecule has 2 aromatic heterocycles. The Balaban J connectivity index is 1.78. The highest BCUT2D eigenvalue weighted by atomic mass is 32.1. The Labute approximate surface area is 151 Å². The minimum atomic E-state index is 0.142. The van der Waals surface area contributed by atoms with Crippen LogP contribution in [0.2, 0.25) is 0 Å². The van der Waals surface area contributed by atoms with Crippen LogP contribution in [-0.4, -0.2) is 21.8 Å². The molecule has 1 atom stereocenters. The summed E-state index contributed by atoms with van der Waals surface area (Å²) in [6.45, 7) is 6.30. The molecule has 0 aliphatic heterocycles. The molecule has 0 saturated carbocycles. The van der Waals surface area contributed by atoms with Gasteiger partial charge in [-0.3, -0.25) is 9.20 Å². The van der Waals surface area contributed by atoms with Crippen molar-refractivity contribution in [3.63, 3.8) is 0 Å². The average molecular weight is 354 g/mol. The summed E-state index contributed by atoms with van der Waals surface area (Å²) in [6, 6.07) is 7.83. The molecule has 1 unspecified atom stereocenters. The van der Waals surface area contributed by atoms with Crippen LogP contribution in [0.4, 0.5) is 0 Å². The fourth-order valence-electron chi connectivity index (χ4n) is 3.53. The molecular weight excluding hydrogens is 332 g/mol. The smallest absolute Gasteiger partial charge is 0.195 e. The molecule has 130 valence electrons. The largest absolute Gasteiger partial charge is 0.491 e. The lowest BCUT2D eigenvalue weighted by atomic mass is 9.93. The van der Waals surface area contributed by atoms with E-state index in [-0.39, 0.29) is 6.10 Å². The first kappa shape index (κ1) is 16.3. The topological polar surface area (TPSA) is 43.6 Å². The molecule has 25 heavy (non-hydrogen) atoms. The molecule has 0 fully saturated rings. The molecule has 0 N–H and O–H groups in total. The van der Waals surface area contributed by atoms with Crippen molar-refractivity contribution < 1.29 is 9.53 Å². The Kier molecular flexibility index (Phi) is 4.12. The fraction of sp³-hybridized carbons (Fsp3) is 0.400. The first-order valence-corrected chi connectivity index (χ1v) is 9.63. The summed E-state index contributed by atoms with van der Waals surface area (Å²) in [4.78, 5) is 19.0. The second kappa shape index (κ2) is 6.30. The number of ether oxygens (including phenoxy) is 1. The number of hydrogen-bond donors (Lipinski definition) is 0. The van der Waals surface area contributed by atoms with Crippen molar-refractivity contribution in [2.24, 2.45) is 5.92 Å². The van der Waals surface area contributed by atoms with E-state index >= 15 is 0 Å². The number of carbonyl (C=O) groups is 1. The van der Waals surface area contributed by atoms with Crippen LogP contribution in [0.3, 0.4) is 0 Å². The number of aryl methyl sites for hydroxylation is 1. The van der Waals surface area contributed by atoms with E-state index in [0.717, 1.165) is 41.1 Å². The zero-order valence-corrected chi connectivity index (χ0v) is 15.6. The van der Waals surface area contributed by atoms with Crippen molar-refractivity contribution in [2.45, 2.75) is 46.1 Å². The van der Waals surface area contributed by atoms with Crippen LogP contribution < -0.4 is 4.74 Å². The van der Waals surface area contributed by atoms with Crippen LogP contribution >= 0.6 is 11.3 Å².